The van der Waals surface area contributed by atoms with Crippen molar-refractivity contribution in [1.82, 2.24) is 4.90 Å². The SMILES string of the molecule is CC1(C)CC(=O)C2=C(C1)N(c1ccc(Br)cc1)C1=C(C(=O)N(Cc3ccccc3)C1=O)C2c1ccccc1. The van der Waals surface area contributed by atoms with Crippen molar-refractivity contribution in [2.24, 2.45) is 5.41 Å². The second kappa shape index (κ2) is 9.21. The van der Waals surface area contributed by atoms with Crippen molar-refractivity contribution in [3.63, 3.8) is 0 Å². The molecule has 1 atom stereocenters. The molecular formula is C32H27BrN2O3. The predicted molar refractivity (Wildman–Crippen MR) is 150 cm³/mol. The highest BCUT2D eigenvalue weighted by Crippen LogP contribution is 2.53. The van der Waals surface area contributed by atoms with Crippen LogP contribution >= 0.6 is 15.9 Å². The number of ketones is 1. The maximum atomic E-state index is 14.2. The minimum atomic E-state index is -0.589. The molecule has 3 aromatic carbocycles. The first-order valence-electron chi connectivity index (χ1n) is 12.8. The number of halogens is 1. The molecule has 0 bridgehead atoms. The molecule has 38 heavy (non-hydrogen) atoms. The van der Waals surface area contributed by atoms with E-state index in [1.165, 1.54) is 4.90 Å². The Kier molecular flexibility index (Phi) is 5.95. The van der Waals surface area contributed by atoms with Crippen molar-refractivity contribution in [2.45, 2.75) is 39.2 Å². The van der Waals surface area contributed by atoms with E-state index in [2.05, 4.69) is 29.8 Å². The van der Waals surface area contributed by atoms with Crippen LogP contribution in [0.15, 0.2) is 112 Å². The fraction of sp³-hybridized carbons (Fsp3) is 0.219. The van der Waals surface area contributed by atoms with Gasteiger partial charge in [-0.05, 0) is 47.2 Å². The summed E-state index contributed by atoms with van der Waals surface area (Å²) < 4.78 is 0.906. The lowest BCUT2D eigenvalue weighted by molar-refractivity contribution is -0.138. The van der Waals surface area contributed by atoms with E-state index >= 15 is 0 Å². The standard InChI is InChI=1S/C32H27BrN2O3/c1-32(2)17-24-27(25(36)18-32)26(21-11-7-4-8-12-21)28-29(35(24)23-15-13-22(33)14-16-23)31(38)34(30(28)37)19-20-9-5-3-6-10-20/h3-16,26H,17-19H2,1-2H3. The maximum Gasteiger partial charge on any atom is 0.278 e. The maximum absolute atomic E-state index is 14.2. The molecule has 190 valence electrons. The van der Waals surface area contributed by atoms with Gasteiger partial charge < -0.3 is 4.90 Å². The van der Waals surface area contributed by atoms with Crippen LogP contribution in [0.3, 0.4) is 0 Å². The van der Waals surface area contributed by atoms with Crippen LogP contribution in [0.1, 0.15) is 43.7 Å². The van der Waals surface area contributed by atoms with Gasteiger partial charge in [-0.15, -0.1) is 0 Å². The predicted octanol–water partition coefficient (Wildman–Crippen LogP) is 6.52. The molecule has 3 aliphatic rings. The average Bonchev–Trinajstić information content (AvgIpc) is 3.13. The Bertz CT molecular complexity index is 1520. The smallest absolute Gasteiger partial charge is 0.278 e. The van der Waals surface area contributed by atoms with Crippen LogP contribution < -0.4 is 4.90 Å². The van der Waals surface area contributed by atoms with Gasteiger partial charge in [0.15, 0.2) is 5.78 Å². The average molecular weight is 567 g/mol. The van der Waals surface area contributed by atoms with Gasteiger partial charge >= 0.3 is 0 Å². The number of carbonyl (C=O) groups is 3. The summed E-state index contributed by atoms with van der Waals surface area (Å²) in [5.41, 5.74) is 4.36. The van der Waals surface area contributed by atoms with Crippen LogP contribution in [0.2, 0.25) is 0 Å². The third kappa shape index (κ3) is 4.04. The van der Waals surface area contributed by atoms with Crippen LogP contribution in [0.4, 0.5) is 5.69 Å². The summed E-state index contributed by atoms with van der Waals surface area (Å²) in [5, 5.41) is 0. The van der Waals surface area contributed by atoms with Crippen molar-refractivity contribution >= 4 is 39.2 Å². The van der Waals surface area contributed by atoms with E-state index in [0.717, 1.165) is 27.0 Å². The molecule has 0 N–H and O–H groups in total. The minimum Gasteiger partial charge on any atom is -0.308 e. The zero-order valence-corrected chi connectivity index (χ0v) is 22.9. The molecule has 0 radical (unpaired) electrons. The first-order valence-corrected chi connectivity index (χ1v) is 13.6. The van der Waals surface area contributed by atoms with Crippen molar-refractivity contribution < 1.29 is 14.4 Å². The summed E-state index contributed by atoms with van der Waals surface area (Å²) in [4.78, 5) is 45.4. The number of benzene rings is 3. The normalized spacial score (nSPS) is 20.7. The monoisotopic (exact) mass is 566 g/mol. The summed E-state index contributed by atoms with van der Waals surface area (Å²) in [5.74, 6) is -1.23. The Morgan fingerprint density at radius 2 is 1.42 bits per heavy atom. The van der Waals surface area contributed by atoms with E-state index in [9.17, 15) is 14.4 Å². The van der Waals surface area contributed by atoms with E-state index in [1.807, 2.05) is 89.8 Å². The van der Waals surface area contributed by atoms with E-state index in [-0.39, 0.29) is 29.6 Å². The third-order valence-electron chi connectivity index (χ3n) is 7.55. The number of Topliss-reactive ketones (excluding diaryl/α,β-unsaturated/α-hetero) is 1. The first-order chi connectivity index (χ1) is 18.2. The van der Waals surface area contributed by atoms with Crippen molar-refractivity contribution in [3.8, 4) is 0 Å². The van der Waals surface area contributed by atoms with Gasteiger partial charge in [-0.3, -0.25) is 19.3 Å². The fourth-order valence-electron chi connectivity index (χ4n) is 5.93. The second-order valence-corrected chi connectivity index (χ2v) is 11.8. The Morgan fingerprint density at radius 1 is 0.789 bits per heavy atom. The number of carbonyl (C=O) groups excluding carboxylic acids is 3. The third-order valence-corrected chi connectivity index (χ3v) is 8.08. The number of hydrogen-bond donors (Lipinski definition) is 0. The van der Waals surface area contributed by atoms with Gasteiger partial charge in [0.2, 0.25) is 0 Å². The quantitative estimate of drug-likeness (QED) is 0.337. The Labute approximate surface area is 230 Å². The molecule has 0 aromatic heterocycles. The molecule has 1 unspecified atom stereocenters. The molecule has 2 heterocycles. The van der Waals surface area contributed by atoms with Gasteiger partial charge in [0, 0.05) is 33.8 Å². The van der Waals surface area contributed by atoms with Crippen LogP contribution in [0.25, 0.3) is 0 Å². The molecule has 2 amide bonds. The number of allylic oxidation sites excluding steroid dienone is 2. The lowest BCUT2D eigenvalue weighted by Crippen LogP contribution is -2.41. The second-order valence-electron chi connectivity index (χ2n) is 10.9. The molecule has 0 saturated heterocycles. The van der Waals surface area contributed by atoms with E-state index < -0.39 is 5.92 Å². The zero-order valence-electron chi connectivity index (χ0n) is 21.3. The molecule has 6 rings (SSSR count). The van der Waals surface area contributed by atoms with Gasteiger partial charge in [0.05, 0.1) is 12.1 Å². The van der Waals surface area contributed by atoms with Gasteiger partial charge in [-0.25, -0.2) is 0 Å². The van der Waals surface area contributed by atoms with Gasteiger partial charge in [-0.1, -0.05) is 90.4 Å². The number of imide groups is 1. The summed E-state index contributed by atoms with van der Waals surface area (Å²) in [6.45, 7) is 4.34. The summed E-state index contributed by atoms with van der Waals surface area (Å²) in [6, 6.07) is 26.8. The molecule has 0 spiro atoms. The Balaban J connectivity index is 1.59. The van der Waals surface area contributed by atoms with Crippen LogP contribution in [-0.2, 0) is 20.9 Å². The van der Waals surface area contributed by atoms with Gasteiger partial charge in [-0.2, -0.15) is 0 Å². The Hall–Kier alpha value is -3.77. The molecule has 5 nitrogen and oxygen atoms in total. The largest absolute Gasteiger partial charge is 0.308 e. The number of hydrogen-bond acceptors (Lipinski definition) is 4. The van der Waals surface area contributed by atoms with Gasteiger partial charge in [0.25, 0.3) is 11.8 Å². The number of rotatable bonds is 4. The van der Waals surface area contributed by atoms with E-state index in [4.69, 9.17) is 0 Å². The topological polar surface area (TPSA) is 57.7 Å². The van der Waals surface area contributed by atoms with Crippen molar-refractivity contribution in [3.05, 3.63) is 123 Å². The highest BCUT2D eigenvalue weighted by Gasteiger charge is 2.53. The number of anilines is 1. The highest BCUT2D eigenvalue weighted by atomic mass is 79.9. The fourth-order valence-corrected chi connectivity index (χ4v) is 6.19. The Morgan fingerprint density at radius 3 is 2.08 bits per heavy atom. The zero-order chi connectivity index (χ0) is 26.6. The van der Waals surface area contributed by atoms with E-state index in [0.29, 0.717) is 29.7 Å². The number of nitrogens with zero attached hydrogens (tertiary/aromatic N) is 2. The highest BCUT2D eigenvalue weighted by molar-refractivity contribution is 9.10. The van der Waals surface area contributed by atoms with Crippen molar-refractivity contribution in [1.29, 1.82) is 0 Å². The van der Waals surface area contributed by atoms with Crippen LogP contribution in [0.5, 0.6) is 0 Å². The summed E-state index contributed by atoms with van der Waals surface area (Å²) >= 11 is 3.50. The van der Waals surface area contributed by atoms with Gasteiger partial charge in [0.1, 0.15) is 5.70 Å². The molecule has 0 fully saturated rings. The lowest BCUT2D eigenvalue weighted by atomic mass is 9.68. The van der Waals surface area contributed by atoms with E-state index in [1.54, 1.807) is 0 Å². The number of amides is 2. The molecule has 2 aliphatic heterocycles. The summed E-state index contributed by atoms with van der Waals surface area (Å²) in [7, 11) is 0. The molecule has 1 aliphatic carbocycles. The van der Waals surface area contributed by atoms with Crippen molar-refractivity contribution in [2.75, 3.05) is 4.90 Å². The minimum absolute atomic E-state index is 0.0283. The lowest BCUT2D eigenvalue weighted by Gasteiger charge is -2.43. The van der Waals surface area contributed by atoms with Crippen LogP contribution in [0, 0.1) is 5.41 Å². The molecular weight excluding hydrogens is 540 g/mol. The summed E-state index contributed by atoms with van der Waals surface area (Å²) in [6.07, 6.45) is 1.01. The van der Waals surface area contributed by atoms with Crippen LogP contribution in [-0.4, -0.2) is 22.5 Å². The molecule has 0 saturated carbocycles. The first kappa shape index (κ1) is 24.6. The molecule has 3 aromatic rings. The molecule has 6 heteroatoms.